The van der Waals surface area contributed by atoms with E-state index < -0.39 is 40.9 Å². The molecule has 1 unspecified atom stereocenters. The molecule has 0 saturated carbocycles. The van der Waals surface area contributed by atoms with Crippen LogP contribution in [0, 0.1) is 24.4 Å². The molecule has 2 aromatic carbocycles. The monoisotopic (exact) mass is 390 g/mol. The Morgan fingerprint density at radius 1 is 1.21 bits per heavy atom. The number of fused-ring (bicyclic) bond motifs is 1. The number of nitrogens with two attached hydrogens (primary N) is 1. The Labute approximate surface area is 158 Å². The molecule has 0 bridgehead atoms. The van der Waals surface area contributed by atoms with E-state index in [9.17, 15) is 27.9 Å². The van der Waals surface area contributed by atoms with Crippen molar-refractivity contribution in [3.05, 3.63) is 64.6 Å². The Kier molecular flexibility index (Phi) is 4.89. The Morgan fingerprint density at radius 3 is 2.46 bits per heavy atom. The lowest BCUT2D eigenvalue weighted by atomic mass is 9.93. The number of halogens is 3. The summed E-state index contributed by atoms with van der Waals surface area (Å²) in [7, 11) is 0. The predicted octanol–water partition coefficient (Wildman–Crippen LogP) is 3.74. The van der Waals surface area contributed by atoms with Crippen LogP contribution in [0.15, 0.2) is 30.3 Å². The summed E-state index contributed by atoms with van der Waals surface area (Å²) in [4.78, 5) is 24.9. The number of nitrogens with zero attached hydrogens (tertiary/aromatic N) is 1. The van der Waals surface area contributed by atoms with Crippen molar-refractivity contribution in [3.8, 4) is 5.75 Å². The number of carbonyl (C=O) groups excluding carboxylic acids is 2. The molecule has 1 amide bonds. The van der Waals surface area contributed by atoms with Gasteiger partial charge in [-0.3, -0.25) is 14.2 Å². The van der Waals surface area contributed by atoms with Gasteiger partial charge in [0.25, 0.3) is 5.91 Å². The fourth-order valence-electron chi connectivity index (χ4n) is 3.50. The van der Waals surface area contributed by atoms with E-state index in [4.69, 9.17) is 5.73 Å². The van der Waals surface area contributed by atoms with Gasteiger partial charge >= 0.3 is 0 Å². The molecule has 0 radical (unpaired) electrons. The fraction of sp³-hybridized carbons (Fsp3) is 0.200. The summed E-state index contributed by atoms with van der Waals surface area (Å²) in [6, 6.07) is 5.63. The zero-order chi connectivity index (χ0) is 20.7. The summed E-state index contributed by atoms with van der Waals surface area (Å²) in [5, 5.41) is 9.43. The van der Waals surface area contributed by atoms with E-state index in [0.717, 1.165) is 22.8 Å². The first kappa shape index (κ1) is 19.5. The maximum Gasteiger partial charge on any atom is 0.262 e. The van der Waals surface area contributed by atoms with E-state index in [1.54, 1.807) is 6.92 Å². The van der Waals surface area contributed by atoms with Crippen LogP contribution >= 0.6 is 0 Å². The van der Waals surface area contributed by atoms with Crippen LogP contribution in [-0.2, 0) is 4.79 Å². The maximum absolute atomic E-state index is 14.8. The molecule has 146 valence electrons. The zero-order valence-electron chi connectivity index (χ0n) is 15.1. The number of primary amides is 1. The van der Waals surface area contributed by atoms with Crippen molar-refractivity contribution in [3.63, 3.8) is 0 Å². The molecule has 1 atom stereocenters. The van der Waals surface area contributed by atoms with Crippen LogP contribution in [0.4, 0.5) is 13.2 Å². The zero-order valence-corrected chi connectivity index (χ0v) is 15.1. The van der Waals surface area contributed by atoms with Crippen LogP contribution in [-0.4, -0.2) is 21.5 Å². The third kappa shape index (κ3) is 2.90. The van der Waals surface area contributed by atoms with Gasteiger partial charge in [-0.2, -0.15) is 0 Å². The number of rotatable bonds is 4. The van der Waals surface area contributed by atoms with Crippen LogP contribution in [0.1, 0.15) is 40.9 Å². The number of hydrogen-bond donors (Lipinski definition) is 2. The van der Waals surface area contributed by atoms with Gasteiger partial charge in [-0.05, 0) is 37.1 Å². The van der Waals surface area contributed by atoms with Crippen molar-refractivity contribution in [2.24, 2.45) is 5.73 Å². The number of phenolic OH excluding ortho intramolecular Hbond substituents is 1. The van der Waals surface area contributed by atoms with Crippen molar-refractivity contribution in [2.45, 2.75) is 26.2 Å². The maximum atomic E-state index is 14.8. The lowest BCUT2D eigenvalue weighted by Gasteiger charge is -2.13. The fourth-order valence-corrected chi connectivity index (χ4v) is 3.50. The molecule has 28 heavy (non-hydrogen) atoms. The van der Waals surface area contributed by atoms with Gasteiger partial charge in [-0.25, -0.2) is 13.2 Å². The normalized spacial score (nSPS) is 12.3. The average Bonchev–Trinajstić information content (AvgIpc) is 2.92. The predicted molar refractivity (Wildman–Crippen MR) is 96.6 cm³/mol. The van der Waals surface area contributed by atoms with Gasteiger partial charge < -0.3 is 10.8 Å². The summed E-state index contributed by atoms with van der Waals surface area (Å²) in [5.74, 6) is -6.90. The Bertz CT molecular complexity index is 1120. The van der Waals surface area contributed by atoms with Crippen molar-refractivity contribution in [1.82, 2.24) is 4.57 Å². The Balaban J connectivity index is 2.42. The molecule has 0 aliphatic carbocycles. The minimum atomic E-state index is -1.29. The second-order valence-corrected chi connectivity index (χ2v) is 6.43. The molecule has 0 spiro atoms. The third-order valence-corrected chi connectivity index (χ3v) is 4.78. The lowest BCUT2D eigenvalue weighted by molar-refractivity contribution is -0.119. The minimum Gasteiger partial charge on any atom is -0.503 e. The molecular weight excluding hydrogens is 373 g/mol. The number of hydrogen-bond acceptors (Lipinski definition) is 3. The van der Waals surface area contributed by atoms with Gasteiger partial charge in [0.05, 0.1) is 11.4 Å². The molecule has 1 aromatic heterocycles. The number of phenols is 1. The summed E-state index contributed by atoms with van der Waals surface area (Å²) < 4.78 is 43.4. The lowest BCUT2D eigenvalue weighted by Crippen LogP contribution is -2.22. The molecule has 3 rings (SSSR count). The molecule has 3 aromatic rings. The average molecular weight is 390 g/mol. The number of benzene rings is 2. The van der Waals surface area contributed by atoms with Crippen molar-refractivity contribution >= 4 is 22.7 Å². The SMILES string of the molecule is CCC(C(N)=O)c1c(C)n(C(=O)c2cccc(F)c2)c2cc(F)c(O)c(F)c12. The highest BCUT2D eigenvalue weighted by molar-refractivity contribution is 6.05. The number of amides is 1. The first-order valence-corrected chi connectivity index (χ1v) is 8.50. The van der Waals surface area contributed by atoms with E-state index >= 15 is 0 Å². The Hall–Kier alpha value is -3.29. The number of carbonyl (C=O) groups is 2. The first-order valence-electron chi connectivity index (χ1n) is 8.50. The molecule has 3 N–H and O–H groups in total. The Morgan fingerprint density at radius 2 is 1.89 bits per heavy atom. The molecular formula is C20H17F3N2O3. The van der Waals surface area contributed by atoms with E-state index in [1.165, 1.54) is 19.1 Å². The van der Waals surface area contributed by atoms with Crippen molar-refractivity contribution in [2.75, 3.05) is 0 Å². The molecule has 0 aliphatic rings. The van der Waals surface area contributed by atoms with E-state index in [0.29, 0.717) is 0 Å². The molecule has 0 aliphatic heterocycles. The molecule has 0 saturated heterocycles. The standard InChI is InChI=1S/C20H17F3N2O3/c1-3-12(19(24)27)15-9(2)25(20(28)10-5-4-6-11(21)7-10)14-8-13(22)18(26)17(23)16(14)15/h4-8,12,26H,3H2,1-2H3,(H2,24,27). The highest BCUT2D eigenvalue weighted by Gasteiger charge is 2.31. The van der Waals surface area contributed by atoms with Crippen LogP contribution in [0.25, 0.3) is 10.9 Å². The van der Waals surface area contributed by atoms with E-state index in [-0.39, 0.29) is 34.1 Å². The van der Waals surface area contributed by atoms with Crippen LogP contribution in [0.3, 0.4) is 0 Å². The van der Waals surface area contributed by atoms with Gasteiger partial charge in [-0.1, -0.05) is 13.0 Å². The highest BCUT2D eigenvalue weighted by Crippen LogP contribution is 2.39. The van der Waals surface area contributed by atoms with E-state index in [2.05, 4.69) is 0 Å². The van der Waals surface area contributed by atoms with Gasteiger partial charge in [0, 0.05) is 22.7 Å². The number of aromatic nitrogens is 1. The largest absolute Gasteiger partial charge is 0.503 e. The number of aromatic hydroxyl groups is 1. The minimum absolute atomic E-state index is 0.0486. The van der Waals surface area contributed by atoms with Gasteiger partial charge in [0.2, 0.25) is 5.91 Å². The first-order chi connectivity index (χ1) is 13.2. The molecule has 5 nitrogen and oxygen atoms in total. The van der Waals surface area contributed by atoms with Crippen LogP contribution < -0.4 is 5.73 Å². The van der Waals surface area contributed by atoms with Crippen molar-refractivity contribution < 1.29 is 27.9 Å². The molecule has 0 fully saturated rings. The summed E-state index contributed by atoms with van der Waals surface area (Å²) in [6.07, 6.45) is 0.195. The summed E-state index contributed by atoms with van der Waals surface area (Å²) in [5.41, 5.74) is 5.43. The summed E-state index contributed by atoms with van der Waals surface area (Å²) in [6.45, 7) is 3.10. The van der Waals surface area contributed by atoms with E-state index in [1.807, 2.05) is 0 Å². The molecule has 8 heteroatoms. The topological polar surface area (TPSA) is 85.3 Å². The van der Waals surface area contributed by atoms with Gasteiger partial charge in [0.1, 0.15) is 5.82 Å². The quantitative estimate of drug-likeness (QED) is 0.712. The van der Waals surface area contributed by atoms with Crippen LogP contribution in [0.2, 0.25) is 0 Å². The highest BCUT2D eigenvalue weighted by atomic mass is 19.1. The van der Waals surface area contributed by atoms with Gasteiger partial charge in [-0.15, -0.1) is 0 Å². The van der Waals surface area contributed by atoms with Crippen molar-refractivity contribution in [1.29, 1.82) is 0 Å². The molecule has 1 heterocycles. The third-order valence-electron chi connectivity index (χ3n) is 4.78. The smallest absolute Gasteiger partial charge is 0.262 e. The van der Waals surface area contributed by atoms with Gasteiger partial charge in [0.15, 0.2) is 17.4 Å². The van der Waals surface area contributed by atoms with Crippen LogP contribution in [0.5, 0.6) is 5.75 Å². The second kappa shape index (κ2) is 7.03. The summed E-state index contributed by atoms with van der Waals surface area (Å²) >= 11 is 0. The second-order valence-electron chi connectivity index (χ2n) is 6.43.